The summed E-state index contributed by atoms with van der Waals surface area (Å²) in [4.78, 5) is 25.8. The van der Waals surface area contributed by atoms with Gasteiger partial charge in [-0.1, -0.05) is 11.8 Å². The summed E-state index contributed by atoms with van der Waals surface area (Å²) < 4.78 is 0.814. The minimum Gasteiger partial charge on any atom is -0.480 e. The fraction of sp³-hybridized carbons (Fsp3) is 0.444. The first-order chi connectivity index (χ1) is 7.49. The van der Waals surface area contributed by atoms with E-state index in [2.05, 4.69) is 10.3 Å². The molecule has 1 heterocycles. The lowest BCUT2D eigenvalue weighted by atomic mass is 10.3. The topological polar surface area (TPSA) is 79.3 Å². The van der Waals surface area contributed by atoms with Crippen molar-refractivity contribution in [1.82, 2.24) is 10.3 Å². The van der Waals surface area contributed by atoms with E-state index in [4.69, 9.17) is 5.11 Å². The predicted octanol–water partition coefficient (Wildman–Crippen LogP) is 1.13. The maximum Gasteiger partial charge on any atom is 0.327 e. The summed E-state index contributed by atoms with van der Waals surface area (Å²) in [6, 6.07) is -0.869. The molecule has 88 valence electrons. The molecule has 1 unspecified atom stereocenters. The second kappa shape index (κ2) is 5.86. The fourth-order valence-electron chi connectivity index (χ4n) is 0.973. The second-order valence-electron chi connectivity index (χ2n) is 3.16. The molecule has 0 aromatic carbocycles. The molecule has 1 rings (SSSR count). The van der Waals surface area contributed by atoms with Crippen molar-refractivity contribution in [1.29, 1.82) is 0 Å². The Morgan fingerprint density at radius 3 is 2.81 bits per heavy atom. The quantitative estimate of drug-likeness (QED) is 0.776. The van der Waals surface area contributed by atoms with Crippen molar-refractivity contribution in [3.63, 3.8) is 0 Å². The predicted molar refractivity (Wildman–Crippen MR) is 62.8 cm³/mol. The number of hydrogen-bond donors (Lipinski definition) is 2. The first kappa shape index (κ1) is 13.0. The molecule has 1 atom stereocenters. The molecule has 5 nitrogen and oxygen atoms in total. The molecule has 0 fully saturated rings. The number of thioether (sulfide) groups is 1. The Labute approximate surface area is 101 Å². The molecule has 16 heavy (non-hydrogen) atoms. The Balaban J connectivity index is 2.50. The summed E-state index contributed by atoms with van der Waals surface area (Å²) in [5.41, 5.74) is 0.916. The van der Waals surface area contributed by atoms with E-state index in [-0.39, 0.29) is 11.7 Å². The SMILES string of the molecule is CC(=O)NC(CSc1nc(C)cs1)C(=O)O. The van der Waals surface area contributed by atoms with E-state index in [0.717, 1.165) is 10.0 Å². The molecular weight excluding hydrogens is 248 g/mol. The van der Waals surface area contributed by atoms with Crippen LogP contribution in [0.1, 0.15) is 12.6 Å². The van der Waals surface area contributed by atoms with Crippen molar-refractivity contribution < 1.29 is 14.7 Å². The van der Waals surface area contributed by atoms with E-state index >= 15 is 0 Å². The van der Waals surface area contributed by atoms with Gasteiger partial charge in [-0.05, 0) is 6.92 Å². The minimum absolute atomic E-state index is 0.280. The van der Waals surface area contributed by atoms with E-state index in [1.165, 1.54) is 30.0 Å². The average molecular weight is 260 g/mol. The summed E-state index contributed by atoms with van der Waals surface area (Å²) >= 11 is 2.80. The Hall–Kier alpha value is -1.08. The molecule has 7 heteroatoms. The number of thiazole rings is 1. The van der Waals surface area contributed by atoms with Crippen molar-refractivity contribution in [2.75, 3.05) is 5.75 Å². The normalized spacial score (nSPS) is 12.1. The summed E-state index contributed by atoms with van der Waals surface area (Å²) in [7, 11) is 0. The van der Waals surface area contributed by atoms with Gasteiger partial charge in [-0.25, -0.2) is 9.78 Å². The molecule has 0 radical (unpaired) electrons. The molecule has 0 aliphatic rings. The number of carboxylic acids is 1. The van der Waals surface area contributed by atoms with Gasteiger partial charge in [0, 0.05) is 23.8 Å². The van der Waals surface area contributed by atoms with Crippen molar-refractivity contribution in [2.45, 2.75) is 24.2 Å². The first-order valence-electron chi connectivity index (χ1n) is 4.54. The van der Waals surface area contributed by atoms with Crippen LogP contribution in [-0.2, 0) is 9.59 Å². The van der Waals surface area contributed by atoms with E-state index in [1.807, 2.05) is 12.3 Å². The molecule has 0 spiro atoms. The highest BCUT2D eigenvalue weighted by Gasteiger charge is 2.18. The molecule has 1 amide bonds. The van der Waals surface area contributed by atoms with E-state index < -0.39 is 12.0 Å². The summed E-state index contributed by atoms with van der Waals surface area (Å²) in [5.74, 6) is -1.10. The summed E-state index contributed by atoms with van der Waals surface area (Å²) in [6.07, 6.45) is 0. The maximum atomic E-state index is 10.8. The van der Waals surface area contributed by atoms with Crippen molar-refractivity contribution in [3.8, 4) is 0 Å². The third kappa shape index (κ3) is 4.19. The number of amides is 1. The van der Waals surface area contributed by atoms with Crippen molar-refractivity contribution in [3.05, 3.63) is 11.1 Å². The highest BCUT2D eigenvalue weighted by Crippen LogP contribution is 2.22. The number of aliphatic carboxylic acids is 1. The van der Waals surface area contributed by atoms with Gasteiger partial charge < -0.3 is 10.4 Å². The number of aryl methyl sites for hydroxylation is 1. The van der Waals surface area contributed by atoms with Crippen LogP contribution >= 0.6 is 23.1 Å². The van der Waals surface area contributed by atoms with Gasteiger partial charge in [-0.3, -0.25) is 4.79 Å². The van der Waals surface area contributed by atoms with Crippen molar-refractivity contribution >= 4 is 35.0 Å². The number of nitrogens with one attached hydrogen (secondary N) is 1. The zero-order valence-corrected chi connectivity index (χ0v) is 10.5. The van der Waals surface area contributed by atoms with Crippen LogP contribution in [0.25, 0.3) is 0 Å². The lowest BCUT2D eigenvalue weighted by Crippen LogP contribution is -2.41. The number of hydrogen-bond acceptors (Lipinski definition) is 5. The monoisotopic (exact) mass is 260 g/mol. The van der Waals surface area contributed by atoms with E-state index in [0.29, 0.717) is 0 Å². The van der Waals surface area contributed by atoms with E-state index in [1.54, 1.807) is 0 Å². The third-order valence-corrected chi connectivity index (χ3v) is 3.88. The first-order valence-corrected chi connectivity index (χ1v) is 6.40. The average Bonchev–Trinajstić information content (AvgIpc) is 2.58. The van der Waals surface area contributed by atoms with Crippen LogP contribution in [0.15, 0.2) is 9.72 Å². The zero-order valence-electron chi connectivity index (χ0n) is 8.89. The van der Waals surface area contributed by atoms with Gasteiger partial charge in [0.15, 0.2) is 0 Å². The largest absolute Gasteiger partial charge is 0.480 e. The molecule has 0 aliphatic carbocycles. The summed E-state index contributed by atoms with van der Waals surface area (Å²) in [6.45, 7) is 3.18. The van der Waals surface area contributed by atoms with Crippen LogP contribution < -0.4 is 5.32 Å². The number of carboxylic acid groups (broad SMARTS) is 1. The fourth-order valence-corrected chi connectivity index (χ4v) is 2.86. The van der Waals surface area contributed by atoms with Gasteiger partial charge >= 0.3 is 5.97 Å². The third-order valence-electron chi connectivity index (χ3n) is 1.65. The van der Waals surface area contributed by atoms with Crippen LogP contribution in [0.2, 0.25) is 0 Å². The van der Waals surface area contributed by atoms with Crippen LogP contribution in [0.5, 0.6) is 0 Å². The Morgan fingerprint density at radius 2 is 2.38 bits per heavy atom. The Kier molecular flexibility index (Phi) is 4.75. The molecule has 0 saturated heterocycles. The summed E-state index contributed by atoms with van der Waals surface area (Å²) in [5, 5.41) is 13.1. The number of nitrogens with zero attached hydrogens (tertiary/aromatic N) is 1. The van der Waals surface area contributed by atoms with Gasteiger partial charge in [0.1, 0.15) is 10.4 Å². The van der Waals surface area contributed by atoms with Crippen LogP contribution in [0.3, 0.4) is 0 Å². The van der Waals surface area contributed by atoms with Gasteiger partial charge in [0.25, 0.3) is 0 Å². The van der Waals surface area contributed by atoms with Crippen LogP contribution in [0.4, 0.5) is 0 Å². The standard InChI is InChI=1S/C9H12N2O3S2/c1-5-3-15-9(10-5)16-4-7(8(13)14)11-6(2)12/h3,7H,4H2,1-2H3,(H,11,12)(H,13,14). The number of rotatable bonds is 5. The Morgan fingerprint density at radius 1 is 1.69 bits per heavy atom. The molecule has 1 aromatic heterocycles. The maximum absolute atomic E-state index is 10.8. The lowest BCUT2D eigenvalue weighted by Gasteiger charge is -2.11. The molecule has 2 N–H and O–H groups in total. The van der Waals surface area contributed by atoms with Gasteiger partial charge in [-0.15, -0.1) is 11.3 Å². The number of aromatic nitrogens is 1. The molecule has 1 aromatic rings. The minimum atomic E-state index is -1.03. The highest BCUT2D eigenvalue weighted by atomic mass is 32.2. The molecule has 0 saturated carbocycles. The van der Waals surface area contributed by atoms with Crippen LogP contribution in [-0.4, -0.2) is 33.8 Å². The smallest absolute Gasteiger partial charge is 0.327 e. The van der Waals surface area contributed by atoms with Gasteiger partial charge in [-0.2, -0.15) is 0 Å². The Bertz CT molecular complexity index is 392. The van der Waals surface area contributed by atoms with Gasteiger partial charge in [0.05, 0.1) is 0 Å². The van der Waals surface area contributed by atoms with Crippen LogP contribution in [0, 0.1) is 6.92 Å². The molecule has 0 bridgehead atoms. The van der Waals surface area contributed by atoms with Crippen molar-refractivity contribution in [2.24, 2.45) is 0 Å². The highest BCUT2D eigenvalue weighted by molar-refractivity contribution is 8.01. The lowest BCUT2D eigenvalue weighted by molar-refractivity contribution is -0.140. The molecule has 0 aliphatic heterocycles. The number of carbonyl (C=O) groups excluding carboxylic acids is 1. The zero-order chi connectivity index (χ0) is 12.1. The van der Waals surface area contributed by atoms with Gasteiger partial charge in [0.2, 0.25) is 5.91 Å². The molecular formula is C9H12N2O3S2. The second-order valence-corrected chi connectivity index (χ2v) is 5.28. The number of carbonyl (C=O) groups is 2. The van der Waals surface area contributed by atoms with E-state index in [9.17, 15) is 9.59 Å².